The summed E-state index contributed by atoms with van der Waals surface area (Å²) in [5.74, 6) is 0.599. The summed E-state index contributed by atoms with van der Waals surface area (Å²) in [5.41, 5.74) is 0.647. The Kier molecular flexibility index (Phi) is 4.51. The van der Waals surface area contributed by atoms with E-state index in [1.807, 2.05) is 0 Å². The Bertz CT molecular complexity index is 273. The molecule has 0 aliphatic rings. The van der Waals surface area contributed by atoms with Crippen LogP contribution in [0.5, 0.6) is 0 Å². The summed E-state index contributed by atoms with van der Waals surface area (Å²) in [6.45, 7) is 4.22. The third-order valence-electron chi connectivity index (χ3n) is 2.03. The first-order valence-electron chi connectivity index (χ1n) is 4.86. The average Bonchev–Trinajstić information content (AvgIpc) is 2.62. The molecule has 0 bridgehead atoms. The van der Waals surface area contributed by atoms with Crippen LogP contribution in [0.15, 0.2) is 5.38 Å². The minimum Gasteiger partial charge on any atom is -0.390 e. The summed E-state index contributed by atoms with van der Waals surface area (Å²) in [4.78, 5) is 4.13. The lowest BCUT2D eigenvalue weighted by atomic mass is 10.1. The van der Waals surface area contributed by atoms with Crippen molar-refractivity contribution in [3.63, 3.8) is 0 Å². The Morgan fingerprint density at radius 3 is 2.64 bits per heavy atom. The van der Waals surface area contributed by atoms with Crippen LogP contribution in [0.2, 0.25) is 0 Å². The van der Waals surface area contributed by atoms with E-state index in [0.717, 1.165) is 17.8 Å². The van der Waals surface area contributed by atoms with Gasteiger partial charge in [-0.25, -0.2) is 4.98 Å². The number of aliphatic hydroxyl groups excluding tert-OH is 2. The molecule has 0 amide bonds. The Morgan fingerprint density at radius 2 is 2.14 bits per heavy atom. The summed E-state index contributed by atoms with van der Waals surface area (Å²) in [6, 6.07) is 0. The second-order valence-electron chi connectivity index (χ2n) is 3.82. The molecular weight excluding hydrogens is 198 g/mol. The zero-order valence-electron chi connectivity index (χ0n) is 8.60. The van der Waals surface area contributed by atoms with E-state index in [1.165, 1.54) is 11.3 Å². The van der Waals surface area contributed by atoms with E-state index in [-0.39, 0.29) is 6.61 Å². The van der Waals surface area contributed by atoms with Gasteiger partial charge in [-0.05, 0) is 18.8 Å². The number of thiazole rings is 1. The van der Waals surface area contributed by atoms with Gasteiger partial charge in [-0.3, -0.25) is 0 Å². The second-order valence-corrected chi connectivity index (χ2v) is 4.71. The lowest BCUT2D eigenvalue weighted by Crippen LogP contribution is -1.99. The van der Waals surface area contributed by atoms with Crippen LogP contribution < -0.4 is 0 Å². The second kappa shape index (κ2) is 5.44. The third-order valence-corrected chi connectivity index (χ3v) is 3.03. The molecule has 1 atom stereocenters. The molecule has 4 heteroatoms. The normalized spacial score (nSPS) is 13.5. The predicted octanol–water partition coefficient (Wildman–Crippen LogP) is 2.10. The number of aromatic nitrogens is 1. The van der Waals surface area contributed by atoms with E-state index in [2.05, 4.69) is 18.8 Å². The highest BCUT2D eigenvalue weighted by atomic mass is 32.1. The van der Waals surface area contributed by atoms with Gasteiger partial charge in [0.2, 0.25) is 0 Å². The molecule has 2 N–H and O–H groups in total. The number of rotatable bonds is 5. The highest BCUT2D eigenvalue weighted by Gasteiger charge is 2.12. The number of aliphatic hydroxyl groups is 2. The minimum atomic E-state index is -0.470. The molecule has 3 nitrogen and oxygen atoms in total. The van der Waals surface area contributed by atoms with Gasteiger partial charge in [-0.15, -0.1) is 11.3 Å². The minimum absolute atomic E-state index is 0.0482. The summed E-state index contributed by atoms with van der Waals surface area (Å²) >= 11 is 1.41. The highest BCUT2D eigenvalue weighted by molar-refractivity contribution is 7.09. The van der Waals surface area contributed by atoms with Crippen LogP contribution in [0.1, 0.15) is 43.5 Å². The van der Waals surface area contributed by atoms with Crippen LogP contribution in [-0.4, -0.2) is 15.2 Å². The van der Waals surface area contributed by atoms with E-state index < -0.39 is 6.10 Å². The molecular formula is C10H17NO2S. The lowest BCUT2D eigenvalue weighted by Gasteiger charge is -2.08. The molecule has 0 radical (unpaired) electrons. The molecule has 0 saturated heterocycles. The lowest BCUT2D eigenvalue weighted by molar-refractivity contribution is 0.158. The first kappa shape index (κ1) is 11.6. The molecule has 0 fully saturated rings. The van der Waals surface area contributed by atoms with Crippen molar-refractivity contribution in [3.8, 4) is 0 Å². The van der Waals surface area contributed by atoms with Gasteiger partial charge >= 0.3 is 0 Å². The molecule has 1 rings (SSSR count). The maximum atomic E-state index is 9.74. The largest absolute Gasteiger partial charge is 0.390 e. The molecule has 14 heavy (non-hydrogen) atoms. The average molecular weight is 215 g/mol. The van der Waals surface area contributed by atoms with Crippen LogP contribution in [0, 0.1) is 5.92 Å². The Hall–Kier alpha value is -0.450. The van der Waals surface area contributed by atoms with Crippen LogP contribution in [0.25, 0.3) is 0 Å². The monoisotopic (exact) mass is 215 g/mol. The van der Waals surface area contributed by atoms with Crippen LogP contribution >= 0.6 is 11.3 Å². The fourth-order valence-electron chi connectivity index (χ4n) is 1.16. The van der Waals surface area contributed by atoms with E-state index in [0.29, 0.717) is 11.6 Å². The van der Waals surface area contributed by atoms with Crippen molar-refractivity contribution >= 4 is 11.3 Å². The van der Waals surface area contributed by atoms with Crippen molar-refractivity contribution in [2.75, 3.05) is 0 Å². The van der Waals surface area contributed by atoms with Gasteiger partial charge in [0.25, 0.3) is 0 Å². The molecule has 0 aromatic carbocycles. The van der Waals surface area contributed by atoms with Gasteiger partial charge in [0.05, 0.1) is 12.3 Å². The molecule has 1 aromatic heterocycles. The summed E-state index contributed by atoms with van der Waals surface area (Å²) < 4.78 is 0. The van der Waals surface area contributed by atoms with Gasteiger partial charge in [-0.2, -0.15) is 0 Å². The van der Waals surface area contributed by atoms with Crippen LogP contribution in [0.3, 0.4) is 0 Å². The highest BCUT2D eigenvalue weighted by Crippen LogP contribution is 2.23. The molecule has 80 valence electrons. The fraction of sp³-hybridized carbons (Fsp3) is 0.700. The smallest absolute Gasteiger partial charge is 0.122 e. The van der Waals surface area contributed by atoms with Crippen LogP contribution in [-0.2, 0) is 6.61 Å². The topological polar surface area (TPSA) is 53.4 Å². The van der Waals surface area contributed by atoms with Crippen molar-refractivity contribution in [3.05, 3.63) is 16.1 Å². The number of hydrogen-bond donors (Lipinski definition) is 2. The predicted molar refractivity (Wildman–Crippen MR) is 57.1 cm³/mol. The first-order valence-corrected chi connectivity index (χ1v) is 5.74. The Labute approximate surface area is 88.4 Å². The summed E-state index contributed by atoms with van der Waals surface area (Å²) in [7, 11) is 0. The van der Waals surface area contributed by atoms with Gasteiger partial charge in [0.15, 0.2) is 0 Å². The van der Waals surface area contributed by atoms with Crippen LogP contribution in [0.4, 0.5) is 0 Å². The molecule has 1 aromatic rings. The van der Waals surface area contributed by atoms with Crippen molar-refractivity contribution < 1.29 is 10.2 Å². The van der Waals surface area contributed by atoms with Gasteiger partial charge < -0.3 is 10.2 Å². The van der Waals surface area contributed by atoms with Gasteiger partial charge in [0.1, 0.15) is 11.1 Å². The number of hydrogen-bond acceptors (Lipinski definition) is 4. The van der Waals surface area contributed by atoms with Crippen molar-refractivity contribution in [2.24, 2.45) is 5.92 Å². The Balaban J connectivity index is 2.47. The molecule has 0 unspecified atom stereocenters. The van der Waals surface area contributed by atoms with Crippen molar-refractivity contribution in [1.82, 2.24) is 4.98 Å². The summed E-state index contributed by atoms with van der Waals surface area (Å²) in [5, 5.41) is 21.1. The summed E-state index contributed by atoms with van der Waals surface area (Å²) in [6.07, 6.45) is 1.27. The fourth-order valence-corrected chi connectivity index (χ4v) is 1.99. The zero-order valence-corrected chi connectivity index (χ0v) is 9.42. The SMILES string of the molecule is CC(C)CC[C@@H](O)c1nc(CO)cs1. The van der Waals surface area contributed by atoms with E-state index in [1.54, 1.807) is 5.38 Å². The van der Waals surface area contributed by atoms with Crippen molar-refractivity contribution in [1.29, 1.82) is 0 Å². The van der Waals surface area contributed by atoms with E-state index >= 15 is 0 Å². The standard InChI is InChI=1S/C10H17NO2S/c1-7(2)3-4-9(13)10-11-8(5-12)6-14-10/h6-7,9,12-13H,3-5H2,1-2H3/t9-/m1/s1. The zero-order chi connectivity index (χ0) is 10.6. The molecule has 0 aliphatic carbocycles. The molecule has 0 saturated carbocycles. The first-order chi connectivity index (χ1) is 6.63. The molecule has 0 spiro atoms. The maximum absolute atomic E-state index is 9.74. The molecule has 0 aliphatic heterocycles. The maximum Gasteiger partial charge on any atom is 0.122 e. The van der Waals surface area contributed by atoms with E-state index in [4.69, 9.17) is 5.11 Å². The third kappa shape index (κ3) is 3.36. The van der Waals surface area contributed by atoms with E-state index in [9.17, 15) is 5.11 Å². The quantitative estimate of drug-likeness (QED) is 0.791. The van der Waals surface area contributed by atoms with Crippen molar-refractivity contribution in [2.45, 2.75) is 39.4 Å². The van der Waals surface area contributed by atoms with Gasteiger partial charge in [-0.1, -0.05) is 13.8 Å². The van der Waals surface area contributed by atoms with Gasteiger partial charge in [0, 0.05) is 5.38 Å². The number of nitrogens with zero attached hydrogens (tertiary/aromatic N) is 1. The molecule has 1 heterocycles. The Morgan fingerprint density at radius 1 is 1.43 bits per heavy atom.